The molecule has 2 aromatic carbocycles. The number of nitrogens with one attached hydrogen (secondary N) is 2. The van der Waals surface area contributed by atoms with Crippen LogP contribution in [0.4, 0.5) is 5.95 Å². The molecule has 2 N–H and O–H groups in total. The van der Waals surface area contributed by atoms with E-state index in [2.05, 4.69) is 20.5 Å². The quantitative estimate of drug-likeness (QED) is 0.500. The summed E-state index contributed by atoms with van der Waals surface area (Å²) in [5.41, 5.74) is 3.48. The lowest BCUT2D eigenvalue weighted by Gasteiger charge is -2.06. The number of aromatic amines is 1. The van der Waals surface area contributed by atoms with Crippen LogP contribution in [-0.2, 0) is 0 Å². The van der Waals surface area contributed by atoms with Crippen molar-refractivity contribution in [2.45, 2.75) is 0 Å². The van der Waals surface area contributed by atoms with Gasteiger partial charge >= 0.3 is 0 Å². The highest BCUT2D eigenvalue weighted by Gasteiger charge is 2.13. The highest BCUT2D eigenvalue weighted by molar-refractivity contribution is 6.38. The van der Waals surface area contributed by atoms with Crippen molar-refractivity contribution in [1.29, 1.82) is 10.5 Å². The Hall–Kier alpha value is -3.65. The Bertz CT molecular complexity index is 1180. The third-order valence-electron chi connectivity index (χ3n) is 3.65. The van der Waals surface area contributed by atoms with Gasteiger partial charge in [0, 0.05) is 11.1 Å². The summed E-state index contributed by atoms with van der Waals surface area (Å²) in [7, 11) is 0. The molecular formula is C19H10Cl2N6O. The van der Waals surface area contributed by atoms with Gasteiger partial charge < -0.3 is 0 Å². The number of anilines is 1. The van der Waals surface area contributed by atoms with Crippen LogP contribution in [0.2, 0.25) is 10.0 Å². The molecular weight excluding hydrogens is 399 g/mol. The van der Waals surface area contributed by atoms with Crippen molar-refractivity contribution in [2.24, 2.45) is 5.10 Å². The van der Waals surface area contributed by atoms with E-state index in [9.17, 15) is 10.1 Å². The predicted octanol–water partition coefficient (Wildman–Crippen LogP) is 3.93. The monoisotopic (exact) mass is 408 g/mol. The summed E-state index contributed by atoms with van der Waals surface area (Å²) in [6, 6.07) is 15.6. The van der Waals surface area contributed by atoms with Gasteiger partial charge in [0.05, 0.1) is 33.6 Å². The first-order valence-electron chi connectivity index (χ1n) is 7.81. The first kappa shape index (κ1) is 19.1. The fourth-order valence-corrected chi connectivity index (χ4v) is 2.95. The molecule has 0 aliphatic heterocycles. The van der Waals surface area contributed by atoms with E-state index in [-0.39, 0.29) is 27.3 Å². The number of hydrazone groups is 1. The average Bonchev–Trinajstić information content (AvgIpc) is 2.70. The van der Waals surface area contributed by atoms with Gasteiger partial charge in [0.25, 0.3) is 5.56 Å². The number of H-pyrrole nitrogens is 1. The minimum Gasteiger partial charge on any atom is -0.290 e. The first-order valence-corrected chi connectivity index (χ1v) is 8.57. The van der Waals surface area contributed by atoms with Crippen molar-refractivity contribution in [3.63, 3.8) is 0 Å². The maximum Gasteiger partial charge on any atom is 0.270 e. The van der Waals surface area contributed by atoms with Gasteiger partial charge in [-0.25, -0.2) is 10.4 Å². The van der Waals surface area contributed by atoms with Crippen molar-refractivity contribution >= 4 is 35.4 Å². The van der Waals surface area contributed by atoms with Gasteiger partial charge in [0.1, 0.15) is 11.6 Å². The molecule has 0 aliphatic rings. The van der Waals surface area contributed by atoms with Gasteiger partial charge in [-0.1, -0.05) is 53.5 Å². The van der Waals surface area contributed by atoms with Crippen LogP contribution in [0.1, 0.15) is 16.7 Å². The molecule has 0 bridgehead atoms. The summed E-state index contributed by atoms with van der Waals surface area (Å²) in [4.78, 5) is 18.9. The summed E-state index contributed by atoms with van der Waals surface area (Å²) >= 11 is 12.2. The second kappa shape index (κ2) is 8.36. The standard InChI is InChI=1S/C19H10Cl2N6O/c20-15-6-11(8-22)7-16(21)14(15)10-24-27-19-25-17(12-4-2-1-3-5-12)13(9-23)18(28)26-19/h1-7,10H,(H2,25,26,27,28). The van der Waals surface area contributed by atoms with Gasteiger partial charge in [-0.05, 0) is 12.1 Å². The normalized spacial score (nSPS) is 10.4. The van der Waals surface area contributed by atoms with Crippen molar-refractivity contribution in [2.75, 3.05) is 5.43 Å². The van der Waals surface area contributed by atoms with E-state index < -0.39 is 5.56 Å². The largest absolute Gasteiger partial charge is 0.290 e. The lowest BCUT2D eigenvalue weighted by molar-refractivity contribution is 1.08. The molecule has 0 radical (unpaired) electrons. The Morgan fingerprint density at radius 3 is 2.39 bits per heavy atom. The molecule has 0 spiro atoms. The van der Waals surface area contributed by atoms with Gasteiger partial charge in [-0.2, -0.15) is 15.6 Å². The second-order valence-electron chi connectivity index (χ2n) is 5.45. The van der Waals surface area contributed by atoms with Crippen molar-refractivity contribution < 1.29 is 0 Å². The van der Waals surface area contributed by atoms with Crippen LogP contribution >= 0.6 is 23.2 Å². The van der Waals surface area contributed by atoms with Gasteiger partial charge in [-0.3, -0.25) is 9.78 Å². The second-order valence-corrected chi connectivity index (χ2v) is 6.27. The number of halogens is 2. The third-order valence-corrected chi connectivity index (χ3v) is 4.28. The van der Waals surface area contributed by atoms with E-state index in [1.54, 1.807) is 24.3 Å². The topological polar surface area (TPSA) is 118 Å². The Morgan fingerprint density at radius 2 is 1.79 bits per heavy atom. The average molecular weight is 409 g/mol. The minimum absolute atomic E-state index is 0.0417. The SMILES string of the molecule is N#Cc1cc(Cl)c(C=NNc2nc(-c3ccccc3)c(C#N)c(=O)[nH]2)c(Cl)c1. The molecule has 0 saturated carbocycles. The summed E-state index contributed by atoms with van der Waals surface area (Å²) in [6.07, 6.45) is 1.34. The molecule has 0 aliphatic carbocycles. The molecule has 1 heterocycles. The molecule has 28 heavy (non-hydrogen) atoms. The number of benzene rings is 2. The summed E-state index contributed by atoms with van der Waals surface area (Å²) in [5.74, 6) is 0.0417. The smallest absolute Gasteiger partial charge is 0.270 e. The number of aromatic nitrogens is 2. The van der Waals surface area contributed by atoms with Gasteiger partial charge in [-0.15, -0.1) is 0 Å². The predicted molar refractivity (Wildman–Crippen MR) is 107 cm³/mol. The number of hydrogen-bond donors (Lipinski definition) is 2. The summed E-state index contributed by atoms with van der Waals surface area (Å²) in [6.45, 7) is 0. The van der Waals surface area contributed by atoms with Crippen LogP contribution in [0.15, 0.2) is 52.4 Å². The van der Waals surface area contributed by atoms with E-state index >= 15 is 0 Å². The van der Waals surface area contributed by atoms with Gasteiger partial charge in [0.15, 0.2) is 0 Å². The molecule has 3 rings (SSSR count). The minimum atomic E-state index is -0.594. The molecule has 0 saturated heterocycles. The zero-order chi connectivity index (χ0) is 20.1. The third kappa shape index (κ3) is 4.02. The number of nitriles is 2. The van der Waals surface area contributed by atoms with Gasteiger partial charge in [0.2, 0.25) is 5.95 Å². The number of hydrogen-bond acceptors (Lipinski definition) is 6. The van der Waals surface area contributed by atoms with Crippen LogP contribution in [0, 0.1) is 22.7 Å². The zero-order valence-electron chi connectivity index (χ0n) is 14.1. The molecule has 0 atom stereocenters. The summed E-state index contributed by atoms with van der Waals surface area (Å²) in [5, 5.41) is 22.7. The Balaban J connectivity index is 1.94. The van der Waals surface area contributed by atoms with Crippen molar-refractivity contribution in [1.82, 2.24) is 9.97 Å². The lowest BCUT2D eigenvalue weighted by Crippen LogP contribution is -2.16. The van der Waals surface area contributed by atoms with Crippen LogP contribution in [0.25, 0.3) is 11.3 Å². The van der Waals surface area contributed by atoms with E-state index in [1.165, 1.54) is 18.3 Å². The maximum absolute atomic E-state index is 12.2. The van der Waals surface area contributed by atoms with Crippen molar-refractivity contribution in [3.05, 3.63) is 79.6 Å². The molecule has 9 heteroatoms. The summed E-state index contributed by atoms with van der Waals surface area (Å²) < 4.78 is 0. The highest BCUT2D eigenvalue weighted by Crippen LogP contribution is 2.25. The fraction of sp³-hybridized carbons (Fsp3) is 0. The number of nitrogens with zero attached hydrogens (tertiary/aromatic N) is 4. The van der Waals surface area contributed by atoms with Crippen LogP contribution in [0.5, 0.6) is 0 Å². The van der Waals surface area contributed by atoms with Crippen LogP contribution in [-0.4, -0.2) is 16.2 Å². The Kier molecular flexibility index (Phi) is 5.71. The Labute approximate surface area is 169 Å². The maximum atomic E-state index is 12.2. The molecule has 1 aromatic heterocycles. The van der Waals surface area contributed by atoms with E-state index in [1.807, 2.05) is 18.2 Å². The fourth-order valence-electron chi connectivity index (χ4n) is 2.36. The van der Waals surface area contributed by atoms with Crippen molar-refractivity contribution in [3.8, 4) is 23.4 Å². The van der Waals surface area contributed by atoms with E-state index in [0.717, 1.165) is 0 Å². The molecule has 7 nitrogen and oxygen atoms in total. The molecule has 0 unspecified atom stereocenters. The highest BCUT2D eigenvalue weighted by atomic mass is 35.5. The zero-order valence-corrected chi connectivity index (χ0v) is 15.6. The molecule has 3 aromatic rings. The lowest BCUT2D eigenvalue weighted by atomic mass is 10.1. The van der Waals surface area contributed by atoms with Crippen LogP contribution < -0.4 is 11.0 Å². The number of rotatable bonds is 4. The molecule has 0 fully saturated rings. The van der Waals surface area contributed by atoms with E-state index in [0.29, 0.717) is 16.7 Å². The first-order chi connectivity index (χ1) is 13.5. The molecule has 0 amide bonds. The van der Waals surface area contributed by atoms with Crippen LogP contribution in [0.3, 0.4) is 0 Å². The van der Waals surface area contributed by atoms with E-state index in [4.69, 9.17) is 28.5 Å². The molecule has 136 valence electrons. The Morgan fingerprint density at radius 1 is 1.11 bits per heavy atom.